The number of primary amides is 1. The smallest absolute Gasteiger partial charge is 0.312 e. The quantitative estimate of drug-likeness (QED) is 0.744. The van der Waals surface area contributed by atoms with E-state index in [0.717, 1.165) is 5.56 Å². The zero-order valence-corrected chi connectivity index (χ0v) is 9.47. The van der Waals surface area contributed by atoms with Crippen LogP contribution < -0.4 is 16.4 Å². The average molecular weight is 242 g/mol. The lowest BCUT2D eigenvalue weighted by molar-refractivity contribution is -0.115. The van der Waals surface area contributed by atoms with Crippen molar-refractivity contribution in [1.29, 1.82) is 0 Å². The fraction of sp³-hybridized carbons (Fsp3) is 0.200. The Morgan fingerprint density at radius 2 is 2.12 bits per heavy atom. The van der Waals surface area contributed by atoms with E-state index in [1.54, 1.807) is 12.1 Å². The number of rotatable bonds is 3. The van der Waals surface area contributed by atoms with Crippen LogP contribution >= 0.6 is 11.6 Å². The van der Waals surface area contributed by atoms with Crippen molar-refractivity contribution in [2.24, 2.45) is 5.73 Å². The molecule has 1 rings (SSSR count). The average Bonchev–Trinajstić information content (AvgIpc) is 2.19. The lowest BCUT2D eigenvalue weighted by Crippen LogP contribution is -2.36. The van der Waals surface area contributed by atoms with Gasteiger partial charge in [-0.1, -0.05) is 17.7 Å². The maximum absolute atomic E-state index is 11.3. The van der Waals surface area contributed by atoms with Gasteiger partial charge in [0.25, 0.3) is 0 Å². The normalized spacial score (nSPS) is 9.62. The molecule has 0 unspecified atom stereocenters. The molecule has 86 valence electrons. The summed E-state index contributed by atoms with van der Waals surface area (Å²) >= 11 is 5.91. The third kappa shape index (κ3) is 3.78. The lowest BCUT2D eigenvalue weighted by atomic mass is 10.2. The highest BCUT2D eigenvalue weighted by molar-refractivity contribution is 6.33. The molecular weight excluding hydrogens is 230 g/mol. The second kappa shape index (κ2) is 5.37. The number of carbonyl (C=O) groups is 2. The zero-order chi connectivity index (χ0) is 12.1. The van der Waals surface area contributed by atoms with Crippen LogP contribution in [0, 0.1) is 6.92 Å². The SMILES string of the molecule is Cc1ccc(NC(=O)CNC(N)=O)c(Cl)c1. The third-order valence-electron chi connectivity index (χ3n) is 1.82. The summed E-state index contributed by atoms with van der Waals surface area (Å²) in [4.78, 5) is 21.7. The summed E-state index contributed by atoms with van der Waals surface area (Å²) < 4.78 is 0. The van der Waals surface area contributed by atoms with Crippen LogP contribution in [-0.2, 0) is 4.79 Å². The van der Waals surface area contributed by atoms with E-state index in [4.69, 9.17) is 17.3 Å². The van der Waals surface area contributed by atoms with E-state index in [9.17, 15) is 9.59 Å². The van der Waals surface area contributed by atoms with Crippen molar-refractivity contribution in [3.63, 3.8) is 0 Å². The first-order valence-corrected chi connectivity index (χ1v) is 4.96. The zero-order valence-electron chi connectivity index (χ0n) is 8.71. The van der Waals surface area contributed by atoms with E-state index in [2.05, 4.69) is 10.6 Å². The molecule has 4 N–H and O–H groups in total. The number of aryl methyl sites for hydroxylation is 1. The number of nitrogens with two attached hydrogens (primary N) is 1. The Bertz CT molecular complexity index is 421. The summed E-state index contributed by atoms with van der Waals surface area (Å²) in [5.41, 5.74) is 6.33. The van der Waals surface area contributed by atoms with E-state index in [0.29, 0.717) is 10.7 Å². The van der Waals surface area contributed by atoms with Crippen molar-refractivity contribution in [1.82, 2.24) is 5.32 Å². The molecule has 0 aliphatic heterocycles. The molecule has 0 saturated heterocycles. The monoisotopic (exact) mass is 241 g/mol. The molecule has 0 saturated carbocycles. The molecule has 6 heteroatoms. The van der Waals surface area contributed by atoms with Crippen LogP contribution in [0.3, 0.4) is 0 Å². The number of amides is 3. The molecule has 0 aromatic heterocycles. The van der Waals surface area contributed by atoms with E-state index in [1.165, 1.54) is 0 Å². The molecular formula is C10H12ClN3O2. The maximum Gasteiger partial charge on any atom is 0.312 e. The van der Waals surface area contributed by atoms with Crippen molar-refractivity contribution >= 4 is 29.2 Å². The van der Waals surface area contributed by atoms with Crippen molar-refractivity contribution in [2.45, 2.75) is 6.92 Å². The van der Waals surface area contributed by atoms with Gasteiger partial charge in [0.15, 0.2) is 0 Å². The predicted octanol–water partition coefficient (Wildman–Crippen LogP) is 1.26. The molecule has 0 heterocycles. The van der Waals surface area contributed by atoms with E-state index < -0.39 is 6.03 Å². The van der Waals surface area contributed by atoms with Gasteiger partial charge >= 0.3 is 6.03 Å². The number of hydrogen-bond acceptors (Lipinski definition) is 2. The molecule has 0 fully saturated rings. The Hall–Kier alpha value is -1.75. The van der Waals surface area contributed by atoms with Gasteiger partial charge in [0.1, 0.15) is 0 Å². The molecule has 0 bridgehead atoms. The molecule has 16 heavy (non-hydrogen) atoms. The molecule has 3 amide bonds. The van der Waals surface area contributed by atoms with Crippen molar-refractivity contribution in [3.8, 4) is 0 Å². The number of halogens is 1. The van der Waals surface area contributed by atoms with Crippen LogP contribution in [0.2, 0.25) is 5.02 Å². The number of carbonyl (C=O) groups excluding carboxylic acids is 2. The first kappa shape index (κ1) is 12.3. The standard InChI is InChI=1S/C10H12ClN3O2/c1-6-2-3-8(7(11)4-6)14-9(15)5-13-10(12)16/h2-4H,5H2,1H3,(H,14,15)(H3,12,13,16). The van der Waals surface area contributed by atoms with Gasteiger partial charge in [-0.3, -0.25) is 4.79 Å². The number of anilines is 1. The van der Waals surface area contributed by atoms with Crippen LogP contribution in [0.1, 0.15) is 5.56 Å². The Balaban J connectivity index is 2.59. The fourth-order valence-corrected chi connectivity index (χ4v) is 1.37. The highest BCUT2D eigenvalue weighted by Crippen LogP contribution is 2.22. The Morgan fingerprint density at radius 1 is 1.44 bits per heavy atom. The van der Waals surface area contributed by atoms with Gasteiger partial charge in [-0.25, -0.2) is 4.79 Å². The summed E-state index contributed by atoms with van der Waals surface area (Å²) in [6.45, 7) is 1.71. The number of hydrogen-bond donors (Lipinski definition) is 3. The highest BCUT2D eigenvalue weighted by Gasteiger charge is 2.06. The second-order valence-electron chi connectivity index (χ2n) is 3.25. The van der Waals surface area contributed by atoms with Crippen LogP contribution in [0.4, 0.5) is 10.5 Å². The van der Waals surface area contributed by atoms with E-state index >= 15 is 0 Å². The van der Waals surface area contributed by atoms with Gasteiger partial charge in [-0.2, -0.15) is 0 Å². The Kier molecular flexibility index (Phi) is 4.13. The number of urea groups is 1. The van der Waals surface area contributed by atoms with Crippen molar-refractivity contribution in [2.75, 3.05) is 11.9 Å². The van der Waals surface area contributed by atoms with Crippen LogP contribution in [-0.4, -0.2) is 18.5 Å². The van der Waals surface area contributed by atoms with Crippen LogP contribution in [0.5, 0.6) is 0 Å². The molecule has 0 atom stereocenters. The number of nitrogens with one attached hydrogen (secondary N) is 2. The molecule has 0 spiro atoms. The van der Waals surface area contributed by atoms with Gasteiger partial charge in [0.05, 0.1) is 17.3 Å². The number of benzene rings is 1. The van der Waals surface area contributed by atoms with Gasteiger partial charge in [-0.15, -0.1) is 0 Å². The third-order valence-corrected chi connectivity index (χ3v) is 2.13. The lowest BCUT2D eigenvalue weighted by Gasteiger charge is -2.07. The topological polar surface area (TPSA) is 84.2 Å². The van der Waals surface area contributed by atoms with Crippen molar-refractivity contribution < 1.29 is 9.59 Å². The van der Waals surface area contributed by atoms with Gasteiger partial charge in [0.2, 0.25) is 5.91 Å². The molecule has 5 nitrogen and oxygen atoms in total. The first-order valence-electron chi connectivity index (χ1n) is 4.58. The minimum absolute atomic E-state index is 0.181. The molecule has 1 aromatic carbocycles. The minimum atomic E-state index is -0.745. The van der Waals surface area contributed by atoms with Crippen LogP contribution in [0.25, 0.3) is 0 Å². The summed E-state index contributed by atoms with van der Waals surface area (Å²) in [7, 11) is 0. The molecule has 1 aromatic rings. The first-order chi connectivity index (χ1) is 7.49. The van der Waals surface area contributed by atoms with Crippen molar-refractivity contribution in [3.05, 3.63) is 28.8 Å². The maximum atomic E-state index is 11.3. The Labute approximate surface area is 98.0 Å². The summed E-state index contributed by atoms with van der Waals surface area (Å²) in [5, 5.41) is 5.18. The summed E-state index contributed by atoms with van der Waals surface area (Å²) in [6.07, 6.45) is 0. The second-order valence-corrected chi connectivity index (χ2v) is 3.66. The predicted molar refractivity (Wildman–Crippen MR) is 62.4 cm³/mol. The van der Waals surface area contributed by atoms with Crippen LogP contribution in [0.15, 0.2) is 18.2 Å². The minimum Gasteiger partial charge on any atom is -0.352 e. The van der Waals surface area contributed by atoms with E-state index in [1.807, 2.05) is 13.0 Å². The molecule has 0 radical (unpaired) electrons. The molecule has 0 aliphatic carbocycles. The highest BCUT2D eigenvalue weighted by atomic mass is 35.5. The van der Waals surface area contributed by atoms with Gasteiger partial charge < -0.3 is 16.4 Å². The van der Waals surface area contributed by atoms with Gasteiger partial charge in [0, 0.05) is 0 Å². The Morgan fingerprint density at radius 3 is 2.69 bits per heavy atom. The summed E-state index contributed by atoms with van der Waals surface area (Å²) in [5.74, 6) is -0.385. The summed E-state index contributed by atoms with van der Waals surface area (Å²) in [6, 6.07) is 4.51. The fourth-order valence-electron chi connectivity index (χ4n) is 1.08. The van der Waals surface area contributed by atoms with Gasteiger partial charge in [-0.05, 0) is 24.6 Å². The molecule has 0 aliphatic rings. The largest absolute Gasteiger partial charge is 0.352 e. The van der Waals surface area contributed by atoms with E-state index in [-0.39, 0.29) is 12.5 Å².